The number of carboxylic acids is 2. The van der Waals surface area contributed by atoms with E-state index in [2.05, 4.69) is 22.0 Å². The van der Waals surface area contributed by atoms with Gasteiger partial charge in [0.1, 0.15) is 0 Å². The number of rotatable bonds is 8. The number of aliphatic carboxylic acids is 2. The van der Waals surface area contributed by atoms with Crippen LogP contribution in [0.2, 0.25) is 0 Å². The Bertz CT molecular complexity index is 446. The van der Waals surface area contributed by atoms with Crippen molar-refractivity contribution in [1.29, 1.82) is 0 Å². The molecule has 4 unspecified atom stereocenters. The first-order valence-electron chi connectivity index (χ1n) is 8.28. The molecule has 0 amide bonds. The van der Waals surface area contributed by atoms with E-state index in [1.54, 1.807) is 0 Å². The maximum absolute atomic E-state index is 11.7. The van der Waals surface area contributed by atoms with Crippen LogP contribution in [0.4, 0.5) is 0 Å². The summed E-state index contributed by atoms with van der Waals surface area (Å²) in [4.78, 5) is 22.2. The summed E-state index contributed by atoms with van der Waals surface area (Å²) < 4.78 is 0. The van der Waals surface area contributed by atoms with E-state index in [1.807, 2.05) is 0 Å². The van der Waals surface area contributed by atoms with Crippen molar-refractivity contribution < 1.29 is 19.8 Å². The van der Waals surface area contributed by atoms with E-state index in [-0.39, 0.29) is 23.1 Å². The van der Waals surface area contributed by atoms with Crippen LogP contribution in [0, 0.1) is 17.8 Å². The smallest absolute Gasteiger partial charge is 0.308 e. The highest BCUT2D eigenvalue weighted by atomic mass is 79.9. The minimum absolute atomic E-state index is 0.0560. The van der Waals surface area contributed by atoms with Crippen LogP contribution in [0.5, 0.6) is 0 Å². The second-order valence-electron chi connectivity index (χ2n) is 6.57. The summed E-state index contributed by atoms with van der Waals surface area (Å²) in [6, 6.07) is 0. The van der Waals surface area contributed by atoms with Crippen LogP contribution < -0.4 is 0 Å². The predicted molar refractivity (Wildman–Crippen MR) is 88.1 cm³/mol. The molecule has 0 aliphatic heterocycles. The fraction of sp³-hybridized carbons (Fsp3) is 0.765. The molecule has 1 fully saturated rings. The van der Waals surface area contributed by atoms with Gasteiger partial charge in [-0.3, -0.25) is 9.59 Å². The van der Waals surface area contributed by atoms with E-state index >= 15 is 0 Å². The average molecular weight is 373 g/mol. The van der Waals surface area contributed by atoms with Crippen LogP contribution >= 0.6 is 15.9 Å². The molecule has 124 valence electrons. The molecule has 2 N–H and O–H groups in total. The summed E-state index contributed by atoms with van der Waals surface area (Å²) in [5.74, 6) is -1.15. The van der Waals surface area contributed by atoms with Crippen molar-refractivity contribution in [2.45, 2.75) is 62.6 Å². The largest absolute Gasteiger partial charge is 0.481 e. The van der Waals surface area contributed by atoms with E-state index in [0.717, 1.165) is 51.4 Å². The molecule has 0 aromatic carbocycles. The topological polar surface area (TPSA) is 74.6 Å². The van der Waals surface area contributed by atoms with Gasteiger partial charge in [0.25, 0.3) is 0 Å². The molecular weight excluding hydrogens is 348 g/mol. The van der Waals surface area contributed by atoms with E-state index < -0.39 is 11.9 Å². The number of allylic oxidation sites excluding steroid dienone is 2. The van der Waals surface area contributed by atoms with Gasteiger partial charge in [0, 0.05) is 11.2 Å². The minimum Gasteiger partial charge on any atom is -0.481 e. The van der Waals surface area contributed by atoms with Gasteiger partial charge in [-0.05, 0) is 50.4 Å². The number of halogens is 1. The van der Waals surface area contributed by atoms with Gasteiger partial charge in [-0.25, -0.2) is 0 Å². The third-order valence-corrected chi connectivity index (χ3v) is 6.01. The van der Waals surface area contributed by atoms with Gasteiger partial charge in [0.15, 0.2) is 0 Å². The number of unbranched alkanes of at least 4 members (excludes halogenated alkanes) is 2. The molecule has 0 radical (unpaired) electrons. The standard InChI is InChI=1S/C17H25BrO4/c18-13-10-12(8-2-1-3-9-14(19)20)15(16(13)17(21)22)11-6-4-5-7-11/h6,12-13,15-16H,1-5,7-10H2,(H,19,20)(H,21,22). The molecule has 0 spiro atoms. The molecular formula is C17H25BrO4. The molecule has 0 aromatic rings. The summed E-state index contributed by atoms with van der Waals surface area (Å²) in [6.45, 7) is 0. The van der Waals surface area contributed by atoms with Crippen molar-refractivity contribution in [3.63, 3.8) is 0 Å². The summed E-state index contributed by atoms with van der Waals surface area (Å²) in [7, 11) is 0. The fourth-order valence-electron chi connectivity index (χ4n) is 4.10. The second-order valence-corrected chi connectivity index (χ2v) is 7.74. The summed E-state index contributed by atoms with van der Waals surface area (Å²) >= 11 is 3.59. The van der Waals surface area contributed by atoms with E-state index in [1.165, 1.54) is 5.57 Å². The number of carboxylic acid groups (broad SMARTS) is 2. The van der Waals surface area contributed by atoms with Crippen LogP contribution in [0.25, 0.3) is 0 Å². The van der Waals surface area contributed by atoms with Crippen LogP contribution in [0.3, 0.4) is 0 Å². The molecule has 1 saturated carbocycles. The quantitative estimate of drug-likeness (QED) is 0.379. The zero-order chi connectivity index (χ0) is 16.1. The third-order valence-electron chi connectivity index (χ3n) is 5.07. The van der Waals surface area contributed by atoms with Gasteiger partial charge in [0.05, 0.1) is 5.92 Å². The zero-order valence-corrected chi connectivity index (χ0v) is 14.4. The van der Waals surface area contributed by atoms with Gasteiger partial charge >= 0.3 is 11.9 Å². The molecule has 2 aliphatic rings. The molecule has 4 atom stereocenters. The molecule has 0 bridgehead atoms. The van der Waals surface area contributed by atoms with E-state index in [0.29, 0.717) is 5.92 Å². The van der Waals surface area contributed by atoms with Crippen LogP contribution in [0.15, 0.2) is 11.6 Å². The van der Waals surface area contributed by atoms with E-state index in [4.69, 9.17) is 5.11 Å². The Labute approximate surface area is 140 Å². The predicted octanol–water partition coefficient (Wildman–Crippen LogP) is 4.23. The van der Waals surface area contributed by atoms with Crippen LogP contribution in [-0.2, 0) is 9.59 Å². The fourth-order valence-corrected chi connectivity index (χ4v) is 5.13. The lowest BCUT2D eigenvalue weighted by Gasteiger charge is -2.24. The monoisotopic (exact) mass is 372 g/mol. The van der Waals surface area contributed by atoms with Crippen LogP contribution in [-0.4, -0.2) is 27.0 Å². The summed E-state index contributed by atoms with van der Waals surface area (Å²) in [6.07, 6.45) is 10.3. The molecule has 4 nitrogen and oxygen atoms in total. The highest BCUT2D eigenvalue weighted by molar-refractivity contribution is 9.09. The van der Waals surface area contributed by atoms with Crippen molar-refractivity contribution in [1.82, 2.24) is 0 Å². The summed E-state index contributed by atoms with van der Waals surface area (Å²) in [5.41, 5.74) is 1.35. The minimum atomic E-state index is -0.735. The SMILES string of the molecule is O=C(O)CCCCCC1CC(Br)C(C(=O)O)C1C1=CCCC1. The second kappa shape index (κ2) is 8.14. The van der Waals surface area contributed by atoms with E-state index in [9.17, 15) is 14.7 Å². The molecule has 2 aliphatic carbocycles. The van der Waals surface area contributed by atoms with Crippen molar-refractivity contribution in [2.24, 2.45) is 17.8 Å². The lowest BCUT2D eigenvalue weighted by molar-refractivity contribution is -0.142. The number of alkyl halides is 1. The highest BCUT2D eigenvalue weighted by Gasteiger charge is 2.47. The average Bonchev–Trinajstić information content (AvgIpc) is 3.04. The van der Waals surface area contributed by atoms with Crippen LogP contribution in [0.1, 0.15) is 57.8 Å². The molecule has 2 rings (SSSR count). The zero-order valence-electron chi connectivity index (χ0n) is 12.8. The molecule has 0 saturated heterocycles. The first-order chi connectivity index (χ1) is 10.5. The van der Waals surface area contributed by atoms with Crippen molar-refractivity contribution in [3.8, 4) is 0 Å². The molecule has 5 heteroatoms. The Hall–Kier alpha value is -0.840. The number of hydrogen-bond donors (Lipinski definition) is 2. The van der Waals surface area contributed by atoms with Crippen molar-refractivity contribution in [2.75, 3.05) is 0 Å². The van der Waals surface area contributed by atoms with Gasteiger partial charge in [-0.2, -0.15) is 0 Å². The van der Waals surface area contributed by atoms with Gasteiger partial charge in [-0.15, -0.1) is 0 Å². The van der Waals surface area contributed by atoms with Gasteiger partial charge < -0.3 is 10.2 Å². The first-order valence-corrected chi connectivity index (χ1v) is 9.20. The number of hydrogen-bond acceptors (Lipinski definition) is 2. The van der Waals surface area contributed by atoms with Gasteiger partial charge in [0.2, 0.25) is 0 Å². The van der Waals surface area contributed by atoms with Crippen molar-refractivity contribution in [3.05, 3.63) is 11.6 Å². The molecule has 0 heterocycles. The lowest BCUT2D eigenvalue weighted by Crippen LogP contribution is -2.27. The Balaban J connectivity index is 1.93. The highest BCUT2D eigenvalue weighted by Crippen LogP contribution is 2.49. The Kier molecular flexibility index (Phi) is 6.48. The lowest BCUT2D eigenvalue weighted by atomic mass is 9.80. The van der Waals surface area contributed by atoms with Gasteiger partial charge in [-0.1, -0.05) is 40.4 Å². The molecule has 0 aromatic heterocycles. The maximum atomic E-state index is 11.7. The maximum Gasteiger partial charge on any atom is 0.308 e. The normalized spacial score (nSPS) is 31.2. The summed E-state index contributed by atoms with van der Waals surface area (Å²) in [5, 5.41) is 18.2. The Morgan fingerprint density at radius 1 is 1.23 bits per heavy atom. The van der Waals surface area contributed by atoms with Crippen molar-refractivity contribution >= 4 is 27.9 Å². The first kappa shape index (κ1) is 17.5. The Morgan fingerprint density at radius 2 is 2.00 bits per heavy atom. The third kappa shape index (κ3) is 4.34. The Morgan fingerprint density at radius 3 is 2.59 bits per heavy atom. The molecule has 22 heavy (non-hydrogen) atoms. The number of carbonyl (C=O) groups is 2.